The van der Waals surface area contributed by atoms with E-state index in [-0.39, 0.29) is 28.9 Å². The number of carboxylic acids is 1. The van der Waals surface area contributed by atoms with E-state index in [9.17, 15) is 9.90 Å². The van der Waals surface area contributed by atoms with Crippen LogP contribution in [-0.4, -0.2) is 54.2 Å². The number of aromatic carboxylic acids is 1. The number of rotatable bonds is 9. The first-order chi connectivity index (χ1) is 20.1. The van der Waals surface area contributed by atoms with Gasteiger partial charge in [-0.1, -0.05) is 36.4 Å². The number of benzene rings is 3. The summed E-state index contributed by atoms with van der Waals surface area (Å²) in [6, 6.07) is 19.2. The molecule has 0 saturated carbocycles. The van der Waals surface area contributed by atoms with Crippen molar-refractivity contribution < 1.29 is 28.2 Å². The van der Waals surface area contributed by atoms with Crippen LogP contribution in [0.1, 0.15) is 27.9 Å². The molecule has 3 N–H and O–H groups in total. The quantitative estimate of drug-likeness (QED) is 0.243. The first-order valence-electron chi connectivity index (χ1n) is 13.5. The van der Waals surface area contributed by atoms with Gasteiger partial charge >= 0.3 is 5.97 Å². The summed E-state index contributed by atoms with van der Waals surface area (Å²) in [5, 5.41) is 9.66. The van der Waals surface area contributed by atoms with E-state index < -0.39 is 29.2 Å². The highest BCUT2D eigenvalue weighted by Gasteiger charge is 2.32. The molecule has 8 nitrogen and oxygen atoms in total. The van der Waals surface area contributed by atoms with Crippen molar-refractivity contribution >= 4 is 11.8 Å². The highest BCUT2D eigenvalue weighted by molar-refractivity contribution is 5.91. The summed E-state index contributed by atoms with van der Waals surface area (Å²) in [4.78, 5) is 19.9. The van der Waals surface area contributed by atoms with E-state index >= 15 is 8.78 Å². The zero-order chi connectivity index (χ0) is 30.0. The highest BCUT2D eigenvalue weighted by atomic mass is 19.1. The number of nitrogens with zero attached hydrogens (tertiary/aromatic N) is 3. The molecular formula is C32H32F2N4O4. The van der Waals surface area contributed by atoms with Crippen LogP contribution < -0.4 is 20.1 Å². The summed E-state index contributed by atoms with van der Waals surface area (Å²) in [6.07, 6.45) is 0.753. The number of halogens is 2. The molecule has 0 amide bonds. The monoisotopic (exact) mass is 574 g/mol. The van der Waals surface area contributed by atoms with Crippen LogP contribution in [0.15, 0.2) is 66.7 Å². The number of anilines is 1. The Labute approximate surface area is 242 Å². The summed E-state index contributed by atoms with van der Waals surface area (Å²) in [6.45, 7) is 3.05. The lowest BCUT2D eigenvalue weighted by atomic mass is 10.0. The minimum Gasteiger partial charge on any atom is -0.478 e. The van der Waals surface area contributed by atoms with Crippen LogP contribution in [0.5, 0.6) is 23.1 Å². The lowest BCUT2D eigenvalue weighted by Crippen LogP contribution is -2.32. The number of likely N-dealkylation sites (N-methyl/N-ethyl adjacent to an activating group) is 1. The smallest absolute Gasteiger partial charge is 0.339 e. The van der Waals surface area contributed by atoms with Crippen molar-refractivity contribution in [1.82, 2.24) is 9.88 Å². The Hall–Kier alpha value is -4.54. The van der Waals surface area contributed by atoms with Crippen LogP contribution in [0, 0.1) is 18.6 Å². The second-order valence-corrected chi connectivity index (χ2v) is 10.5. The predicted molar refractivity (Wildman–Crippen MR) is 157 cm³/mol. The number of carboxylic acid groups (broad SMARTS) is 1. The van der Waals surface area contributed by atoms with Crippen LogP contribution in [0.25, 0.3) is 11.1 Å². The third-order valence-corrected chi connectivity index (χ3v) is 7.31. The number of hydrogen-bond donors (Lipinski definition) is 2. The largest absolute Gasteiger partial charge is 0.478 e. The van der Waals surface area contributed by atoms with Gasteiger partial charge in [0.1, 0.15) is 17.1 Å². The van der Waals surface area contributed by atoms with E-state index in [2.05, 4.69) is 4.98 Å². The lowest BCUT2D eigenvalue weighted by molar-refractivity contribution is 0.0694. The molecule has 1 aliphatic heterocycles. The molecule has 0 spiro atoms. The molecule has 218 valence electrons. The van der Waals surface area contributed by atoms with Gasteiger partial charge in [-0.2, -0.15) is 13.8 Å². The van der Waals surface area contributed by atoms with E-state index in [4.69, 9.17) is 15.2 Å². The van der Waals surface area contributed by atoms with Gasteiger partial charge in [-0.3, -0.25) is 0 Å². The van der Waals surface area contributed by atoms with Gasteiger partial charge in [-0.05, 0) is 80.0 Å². The van der Waals surface area contributed by atoms with Gasteiger partial charge in [0, 0.05) is 25.7 Å². The van der Waals surface area contributed by atoms with E-state index in [1.807, 2.05) is 49.3 Å². The van der Waals surface area contributed by atoms with Gasteiger partial charge in [0.25, 0.3) is 5.88 Å². The molecule has 1 fully saturated rings. The predicted octanol–water partition coefficient (Wildman–Crippen LogP) is 6.22. The summed E-state index contributed by atoms with van der Waals surface area (Å²) in [7, 11) is 3.88. The Morgan fingerprint density at radius 2 is 1.79 bits per heavy atom. The van der Waals surface area contributed by atoms with Gasteiger partial charge in [0.05, 0.1) is 0 Å². The van der Waals surface area contributed by atoms with Crippen LogP contribution in [-0.2, 0) is 6.54 Å². The number of carbonyl (C=O) groups is 1. The number of ether oxygens (including phenoxy) is 2. The molecule has 0 aliphatic carbocycles. The minimum atomic E-state index is -1.29. The molecule has 42 heavy (non-hydrogen) atoms. The molecule has 4 aromatic rings. The fourth-order valence-electron chi connectivity index (χ4n) is 4.94. The molecule has 1 aliphatic rings. The Bertz CT molecular complexity index is 1630. The molecule has 1 saturated heterocycles. The first kappa shape index (κ1) is 29.0. The number of nitrogens with two attached hydrogens (primary N) is 1. The highest BCUT2D eigenvalue weighted by Crippen LogP contribution is 2.40. The lowest BCUT2D eigenvalue weighted by Gasteiger charge is -2.23. The van der Waals surface area contributed by atoms with Crippen LogP contribution in [0.4, 0.5) is 14.6 Å². The third-order valence-electron chi connectivity index (χ3n) is 7.31. The second-order valence-electron chi connectivity index (χ2n) is 10.5. The maximum Gasteiger partial charge on any atom is 0.339 e. The normalized spacial score (nSPS) is 14.8. The number of pyridine rings is 1. The van der Waals surface area contributed by atoms with Crippen molar-refractivity contribution in [3.63, 3.8) is 0 Å². The average Bonchev–Trinajstić information content (AvgIpc) is 3.47. The van der Waals surface area contributed by atoms with E-state index in [1.165, 1.54) is 12.1 Å². The third kappa shape index (κ3) is 6.05. The Kier molecular flexibility index (Phi) is 8.37. The van der Waals surface area contributed by atoms with Crippen LogP contribution >= 0.6 is 0 Å². The molecule has 0 bridgehead atoms. The Balaban J connectivity index is 1.58. The van der Waals surface area contributed by atoms with Gasteiger partial charge in [-0.15, -0.1) is 0 Å². The maximum absolute atomic E-state index is 16.0. The van der Waals surface area contributed by atoms with Crippen molar-refractivity contribution in [3.05, 3.63) is 95.1 Å². The topological polar surface area (TPSA) is 101 Å². The zero-order valence-corrected chi connectivity index (χ0v) is 23.6. The molecule has 0 radical (unpaired) electrons. The number of aryl methyl sites for hydroxylation is 1. The Morgan fingerprint density at radius 1 is 1.05 bits per heavy atom. The first-order valence-corrected chi connectivity index (χ1v) is 13.5. The summed E-state index contributed by atoms with van der Waals surface area (Å²) in [5.41, 5.74) is 8.88. The van der Waals surface area contributed by atoms with E-state index in [1.54, 1.807) is 36.1 Å². The van der Waals surface area contributed by atoms with Crippen LogP contribution in [0.3, 0.4) is 0 Å². The molecule has 1 atom stereocenters. The summed E-state index contributed by atoms with van der Waals surface area (Å²) >= 11 is 0. The van der Waals surface area contributed by atoms with Gasteiger partial charge in [0.15, 0.2) is 5.82 Å². The van der Waals surface area contributed by atoms with Crippen molar-refractivity contribution in [2.24, 2.45) is 5.73 Å². The molecule has 5 rings (SSSR count). The molecule has 2 heterocycles. The van der Waals surface area contributed by atoms with Crippen molar-refractivity contribution in [1.29, 1.82) is 0 Å². The average molecular weight is 575 g/mol. The summed E-state index contributed by atoms with van der Waals surface area (Å²) < 4.78 is 43.6. The fraction of sp³-hybridized carbons (Fsp3) is 0.250. The van der Waals surface area contributed by atoms with E-state index in [0.717, 1.165) is 23.1 Å². The fourth-order valence-corrected chi connectivity index (χ4v) is 4.94. The second kappa shape index (κ2) is 12.1. The molecule has 1 unspecified atom stereocenters. The van der Waals surface area contributed by atoms with E-state index in [0.29, 0.717) is 25.2 Å². The van der Waals surface area contributed by atoms with Crippen molar-refractivity contribution in [2.45, 2.75) is 25.9 Å². The molecule has 3 aromatic carbocycles. The Morgan fingerprint density at radius 3 is 2.48 bits per heavy atom. The standard InChI is InChI=1S/C32H32F2N4O4/c1-19-10-11-25(32(39)40)26(14-19)42-29-27(33)30(38-13-12-23(18-38)37(2)3)36-31(28(29)34)41-24-9-5-8-22(16-24)21-7-4-6-20(15-21)17-35/h4-11,14-16,23H,12-13,17-18,35H2,1-3H3,(H,39,40). The number of hydrogen-bond acceptors (Lipinski definition) is 7. The van der Waals surface area contributed by atoms with Gasteiger partial charge in [-0.25, -0.2) is 4.79 Å². The van der Waals surface area contributed by atoms with Crippen molar-refractivity contribution in [2.75, 3.05) is 32.1 Å². The van der Waals surface area contributed by atoms with Crippen LogP contribution in [0.2, 0.25) is 0 Å². The zero-order valence-electron chi connectivity index (χ0n) is 23.6. The minimum absolute atomic E-state index is 0.137. The SMILES string of the molecule is Cc1ccc(C(=O)O)c(Oc2c(F)c(Oc3cccc(-c4cccc(CN)c4)c3)nc(N3CCC(N(C)C)C3)c2F)c1. The van der Waals surface area contributed by atoms with Gasteiger partial charge < -0.3 is 30.1 Å². The molecule has 1 aromatic heterocycles. The number of aromatic nitrogens is 1. The molecular weight excluding hydrogens is 542 g/mol. The molecule has 10 heteroatoms. The van der Waals surface area contributed by atoms with Crippen molar-refractivity contribution in [3.8, 4) is 34.3 Å². The maximum atomic E-state index is 16.0. The van der Waals surface area contributed by atoms with Gasteiger partial charge in [0.2, 0.25) is 17.4 Å². The summed E-state index contributed by atoms with van der Waals surface area (Å²) in [5.74, 6) is -4.86.